The van der Waals surface area contributed by atoms with Crippen molar-refractivity contribution in [2.24, 2.45) is 0 Å². The molecule has 1 aliphatic carbocycles. The maximum Gasteiger partial charge on any atom is 0.235 e. The molecule has 0 bridgehead atoms. The van der Waals surface area contributed by atoms with Gasteiger partial charge in [0, 0.05) is 6.07 Å². The van der Waals surface area contributed by atoms with Gasteiger partial charge in [0.05, 0.1) is 30.8 Å². The molecule has 1 saturated carbocycles. The molecule has 0 atom stereocenters. The Morgan fingerprint density at radius 3 is 2.93 bits per heavy atom. The van der Waals surface area contributed by atoms with Crippen LogP contribution in [0.1, 0.15) is 31.7 Å². The molecule has 2 N–H and O–H groups in total. The molecule has 2 aromatic heterocycles. The van der Waals surface area contributed by atoms with Gasteiger partial charge in [-0.1, -0.05) is 48.1 Å². The van der Waals surface area contributed by atoms with Crippen LogP contribution in [0.15, 0.2) is 40.9 Å². The van der Waals surface area contributed by atoms with Gasteiger partial charge < -0.3 is 15.4 Å². The molecule has 29 heavy (non-hydrogen) atoms. The maximum absolute atomic E-state index is 12.4. The van der Waals surface area contributed by atoms with E-state index in [1.807, 2.05) is 35.0 Å². The number of anilines is 3. The second-order valence-electron chi connectivity index (χ2n) is 6.63. The maximum atomic E-state index is 12.4. The van der Waals surface area contributed by atoms with E-state index in [1.165, 1.54) is 35.9 Å². The summed E-state index contributed by atoms with van der Waals surface area (Å²) in [7, 11) is 1.62. The van der Waals surface area contributed by atoms with Crippen LogP contribution in [0, 0.1) is 0 Å². The van der Waals surface area contributed by atoms with E-state index in [4.69, 9.17) is 4.74 Å². The van der Waals surface area contributed by atoms with Crippen LogP contribution in [-0.2, 0) is 4.79 Å². The number of carbonyl (C=O) groups is 1. The van der Waals surface area contributed by atoms with Crippen molar-refractivity contribution in [1.82, 2.24) is 20.0 Å². The van der Waals surface area contributed by atoms with Crippen LogP contribution in [0.5, 0.6) is 5.75 Å². The molecule has 1 amide bonds. The highest BCUT2D eigenvalue weighted by Crippen LogP contribution is 2.32. The summed E-state index contributed by atoms with van der Waals surface area (Å²) in [5.74, 6) is 1.68. The number of hydrogen-bond donors (Lipinski definition) is 2. The Morgan fingerprint density at radius 1 is 1.28 bits per heavy atom. The average molecular weight is 431 g/mol. The van der Waals surface area contributed by atoms with Crippen LogP contribution < -0.4 is 15.4 Å². The Labute approximate surface area is 177 Å². The number of nitrogens with zero attached hydrogens (tertiary/aromatic N) is 4. The fraction of sp³-hybridized carbons (Fsp3) is 0.368. The lowest BCUT2D eigenvalue weighted by Crippen LogP contribution is -2.19. The van der Waals surface area contributed by atoms with Crippen molar-refractivity contribution in [2.75, 3.05) is 23.5 Å². The van der Waals surface area contributed by atoms with Crippen molar-refractivity contribution in [3.63, 3.8) is 0 Å². The summed E-state index contributed by atoms with van der Waals surface area (Å²) in [5, 5.41) is 19.5. The molecule has 3 aromatic rings. The second-order valence-corrected chi connectivity index (χ2v) is 8.83. The molecule has 1 fully saturated rings. The molecule has 2 heterocycles. The molecule has 0 spiro atoms. The number of rotatable bonds is 8. The first-order valence-electron chi connectivity index (χ1n) is 9.42. The van der Waals surface area contributed by atoms with Crippen LogP contribution in [0.3, 0.4) is 0 Å². The molecule has 0 unspecified atom stereocenters. The Kier molecular flexibility index (Phi) is 6.30. The first kappa shape index (κ1) is 19.7. The summed E-state index contributed by atoms with van der Waals surface area (Å²) >= 11 is 2.76. The molecule has 0 radical (unpaired) electrons. The summed E-state index contributed by atoms with van der Waals surface area (Å²) < 4.78 is 7.99. The summed E-state index contributed by atoms with van der Waals surface area (Å²) in [6.07, 6.45) is 6.41. The van der Waals surface area contributed by atoms with Gasteiger partial charge in [-0.3, -0.25) is 4.79 Å². The minimum atomic E-state index is -0.0795. The Hall–Kier alpha value is -2.59. The van der Waals surface area contributed by atoms with Crippen molar-refractivity contribution in [1.29, 1.82) is 0 Å². The zero-order chi connectivity index (χ0) is 20.1. The zero-order valence-corrected chi connectivity index (χ0v) is 17.6. The van der Waals surface area contributed by atoms with E-state index in [9.17, 15) is 4.79 Å². The van der Waals surface area contributed by atoms with E-state index in [-0.39, 0.29) is 11.7 Å². The van der Waals surface area contributed by atoms with Gasteiger partial charge in [0.25, 0.3) is 0 Å². The SMILES string of the molecule is COc1ccccc1Nc1nnc(SCC(=O)Nc2ccnn2C2CCCC2)s1. The first-order valence-corrected chi connectivity index (χ1v) is 11.2. The lowest BCUT2D eigenvalue weighted by Gasteiger charge is -2.14. The quantitative estimate of drug-likeness (QED) is 0.514. The van der Waals surface area contributed by atoms with Gasteiger partial charge in [-0.15, -0.1) is 10.2 Å². The number of carbonyl (C=O) groups excluding carboxylic acids is 1. The van der Waals surface area contributed by atoms with Crippen LogP contribution in [0.4, 0.5) is 16.6 Å². The third-order valence-corrected chi connectivity index (χ3v) is 6.66. The standard InChI is InChI=1S/C19H22N6O2S2/c1-27-15-9-5-4-8-14(15)21-18-23-24-19(29-18)28-12-17(26)22-16-10-11-20-25(16)13-6-2-3-7-13/h4-5,8-11,13H,2-3,6-7,12H2,1H3,(H,21,23)(H,22,26). The van der Waals surface area contributed by atoms with Crippen molar-refractivity contribution < 1.29 is 9.53 Å². The predicted molar refractivity (Wildman–Crippen MR) is 115 cm³/mol. The highest BCUT2D eigenvalue weighted by molar-refractivity contribution is 8.01. The van der Waals surface area contributed by atoms with Gasteiger partial charge in [-0.25, -0.2) is 4.68 Å². The number of ether oxygens (including phenoxy) is 1. The number of hydrogen-bond acceptors (Lipinski definition) is 8. The predicted octanol–water partition coefficient (Wildman–Crippen LogP) is 4.33. The Bertz CT molecular complexity index is 967. The van der Waals surface area contributed by atoms with Crippen molar-refractivity contribution in [2.45, 2.75) is 36.1 Å². The van der Waals surface area contributed by atoms with Crippen LogP contribution in [-0.4, -0.2) is 38.7 Å². The molecule has 1 aliphatic rings. The van der Waals surface area contributed by atoms with Gasteiger partial charge >= 0.3 is 0 Å². The highest BCUT2D eigenvalue weighted by Gasteiger charge is 2.20. The molecule has 1 aromatic carbocycles. The van der Waals surface area contributed by atoms with E-state index >= 15 is 0 Å². The molecule has 0 saturated heterocycles. The molecule has 10 heteroatoms. The molecule has 152 valence electrons. The minimum Gasteiger partial charge on any atom is -0.495 e. The number of thioether (sulfide) groups is 1. The third kappa shape index (κ3) is 4.88. The molecular formula is C19H22N6O2S2. The Balaban J connectivity index is 1.31. The average Bonchev–Trinajstić information content (AvgIpc) is 3.49. The van der Waals surface area contributed by atoms with Crippen LogP contribution in [0.2, 0.25) is 0 Å². The number of aromatic nitrogens is 4. The largest absolute Gasteiger partial charge is 0.495 e. The number of methoxy groups -OCH3 is 1. The second kappa shape index (κ2) is 9.27. The van der Waals surface area contributed by atoms with Crippen molar-refractivity contribution in [3.05, 3.63) is 36.5 Å². The third-order valence-electron chi connectivity index (χ3n) is 4.69. The molecule has 8 nitrogen and oxygen atoms in total. The zero-order valence-electron chi connectivity index (χ0n) is 16.0. The fourth-order valence-corrected chi connectivity index (χ4v) is 4.91. The van der Waals surface area contributed by atoms with E-state index in [1.54, 1.807) is 13.3 Å². The van der Waals surface area contributed by atoms with E-state index < -0.39 is 0 Å². The lowest BCUT2D eigenvalue weighted by molar-refractivity contribution is -0.113. The van der Waals surface area contributed by atoms with Gasteiger partial charge in [0.2, 0.25) is 11.0 Å². The minimum absolute atomic E-state index is 0.0795. The smallest absolute Gasteiger partial charge is 0.235 e. The van der Waals surface area contributed by atoms with Crippen LogP contribution >= 0.6 is 23.1 Å². The summed E-state index contributed by atoms with van der Waals surface area (Å²) in [5.41, 5.74) is 0.820. The summed E-state index contributed by atoms with van der Waals surface area (Å²) in [6.45, 7) is 0. The number of nitrogens with one attached hydrogen (secondary N) is 2. The molecule has 4 rings (SSSR count). The van der Waals surface area contributed by atoms with Gasteiger partial charge in [0.15, 0.2) is 4.34 Å². The van der Waals surface area contributed by atoms with Crippen LogP contribution in [0.25, 0.3) is 0 Å². The molecule has 0 aliphatic heterocycles. The number of amides is 1. The topological polar surface area (TPSA) is 94.0 Å². The van der Waals surface area contributed by atoms with Crippen molar-refractivity contribution in [3.8, 4) is 5.75 Å². The fourth-order valence-electron chi connectivity index (χ4n) is 3.34. The first-order chi connectivity index (χ1) is 14.2. The summed E-state index contributed by atoms with van der Waals surface area (Å²) in [4.78, 5) is 12.4. The summed E-state index contributed by atoms with van der Waals surface area (Å²) in [6, 6.07) is 9.85. The number of benzene rings is 1. The molecular weight excluding hydrogens is 408 g/mol. The number of para-hydroxylation sites is 2. The lowest BCUT2D eigenvalue weighted by atomic mass is 10.2. The highest BCUT2D eigenvalue weighted by atomic mass is 32.2. The van der Waals surface area contributed by atoms with E-state index in [0.717, 1.165) is 34.4 Å². The van der Waals surface area contributed by atoms with Crippen molar-refractivity contribution >= 4 is 45.6 Å². The van der Waals surface area contributed by atoms with E-state index in [2.05, 4.69) is 25.9 Å². The Morgan fingerprint density at radius 2 is 2.10 bits per heavy atom. The monoisotopic (exact) mass is 430 g/mol. The van der Waals surface area contributed by atoms with Gasteiger partial charge in [-0.05, 0) is 25.0 Å². The van der Waals surface area contributed by atoms with Gasteiger partial charge in [0.1, 0.15) is 11.6 Å². The normalized spacial score (nSPS) is 14.1. The van der Waals surface area contributed by atoms with E-state index in [0.29, 0.717) is 11.2 Å². The van der Waals surface area contributed by atoms with Gasteiger partial charge in [-0.2, -0.15) is 5.10 Å².